The average molecular weight is 148 g/mol. The van der Waals surface area contributed by atoms with Crippen LogP contribution in [0.4, 0.5) is 0 Å². The summed E-state index contributed by atoms with van der Waals surface area (Å²) in [7, 11) is 1.59. The van der Waals surface area contributed by atoms with Gasteiger partial charge in [-0.05, 0) is 0 Å². The smallest absolute Gasteiger partial charge is 0.302 e. The van der Waals surface area contributed by atoms with Crippen molar-refractivity contribution in [1.29, 1.82) is 0 Å². The second-order valence-corrected chi connectivity index (χ2v) is 2.12. The van der Waals surface area contributed by atoms with Gasteiger partial charge in [0.2, 0.25) is 0 Å². The van der Waals surface area contributed by atoms with E-state index in [9.17, 15) is 4.79 Å². The third-order valence-electron chi connectivity index (χ3n) is 0.925. The van der Waals surface area contributed by atoms with Gasteiger partial charge in [0.1, 0.15) is 19.3 Å². The van der Waals surface area contributed by atoms with Crippen LogP contribution in [0.2, 0.25) is 0 Å². The topological polar surface area (TPSA) is 63.2 Å². The van der Waals surface area contributed by atoms with Gasteiger partial charge in [-0.25, -0.2) is 0 Å². The maximum atomic E-state index is 10.3. The first kappa shape index (κ1) is 9.39. The molecule has 1 atom stereocenters. The molecule has 0 radical (unpaired) electrons. The first-order chi connectivity index (χ1) is 4.66. The van der Waals surface area contributed by atoms with E-state index in [4.69, 9.17) is 4.74 Å². The average Bonchev–Trinajstić information content (AvgIpc) is 1.85. The molecule has 0 heterocycles. The highest BCUT2D eigenvalue weighted by Crippen LogP contribution is 1.81. The Morgan fingerprint density at radius 1 is 1.60 bits per heavy atom. The van der Waals surface area contributed by atoms with E-state index >= 15 is 0 Å². The SMILES string of the molecule is COCC([NH3+])COC(C)=O. The quantitative estimate of drug-likeness (QED) is 0.510. The zero-order chi connectivity index (χ0) is 7.98. The molecule has 0 rings (SSSR count). The number of methoxy groups -OCH3 is 1. The van der Waals surface area contributed by atoms with Gasteiger partial charge in [0.15, 0.2) is 0 Å². The molecule has 0 saturated heterocycles. The summed E-state index contributed by atoms with van der Waals surface area (Å²) in [5, 5.41) is 0. The second-order valence-electron chi connectivity index (χ2n) is 2.12. The minimum absolute atomic E-state index is 0.0360. The first-order valence-corrected chi connectivity index (χ1v) is 3.12. The van der Waals surface area contributed by atoms with Crippen LogP contribution in [0.5, 0.6) is 0 Å². The van der Waals surface area contributed by atoms with Crippen molar-refractivity contribution < 1.29 is 20.0 Å². The van der Waals surface area contributed by atoms with E-state index < -0.39 is 0 Å². The van der Waals surface area contributed by atoms with Crippen LogP contribution in [0.15, 0.2) is 0 Å². The maximum absolute atomic E-state index is 10.3. The Morgan fingerprint density at radius 3 is 2.60 bits per heavy atom. The van der Waals surface area contributed by atoms with Crippen molar-refractivity contribution in [3.05, 3.63) is 0 Å². The van der Waals surface area contributed by atoms with Crippen molar-refractivity contribution in [3.63, 3.8) is 0 Å². The Labute approximate surface area is 60.3 Å². The number of carbonyl (C=O) groups excluding carboxylic acids is 1. The molecule has 0 aromatic rings. The molecular weight excluding hydrogens is 134 g/mol. The zero-order valence-electron chi connectivity index (χ0n) is 6.42. The Bertz CT molecular complexity index is 105. The summed E-state index contributed by atoms with van der Waals surface area (Å²) < 4.78 is 9.46. The molecule has 0 aliphatic heterocycles. The normalized spacial score (nSPS) is 12.7. The van der Waals surface area contributed by atoms with Gasteiger partial charge in [-0.3, -0.25) is 4.79 Å². The molecule has 3 N–H and O–H groups in total. The summed E-state index contributed by atoms with van der Waals surface area (Å²) in [6.07, 6.45) is 0. The minimum Gasteiger partial charge on any atom is -0.459 e. The molecule has 0 aromatic heterocycles. The molecule has 0 fully saturated rings. The molecule has 0 aromatic carbocycles. The van der Waals surface area contributed by atoms with Crippen LogP contribution >= 0.6 is 0 Å². The second kappa shape index (κ2) is 5.20. The predicted octanol–water partition coefficient (Wildman–Crippen LogP) is -1.19. The lowest BCUT2D eigenvalue weighted by atomic mass is 10.4. The highest BCUT2D eigenvalue weighted by atomic mass is 16.5. The third-order valence-corrected chi connectivity index (χ3v) is 0.925. The third kappa shape index (κ3) is 5.53. The lowest BCUT2D eigenvalue weighted by molar-refractivity contribution is -0.431. The number of ether oxygens (including phenoxy) is 2. The summed E-state index contributed by atoms with van der Waals surface area (Å²) in [4.78, 5) is 10.3. The lowest BCUT2D eigenvalue weighted by Gasteiger charge is -2.05. The molecule has 4 heteroatoms. The lowest BCUT2D eigenvalue weighted by Crippen LogP contribution is -2.65. The number of hydrogen-bond acceptors (Lipinski definition) is 3. The molecule has 60 valence electrons. The van der Waals surface area contributed by atoms with Crippen LogP contribution in [0.25, 0.3) is 0 Å². The fourth-order valence-corrected chi connectivity index (χ4v) is 0.519. The Kier molecular flexibility index (Phi) is 4.88. The van der Waals surface area contributed by atoms with E-state index in [0.29, 0.717) is 13.2 Å². The number of rotatable bonds is 4. The summed E-state index contributed by atoms with van der Waals surface area (Å²) in [5.41, 5.74) is 3.70. The van der Waals surface area contributed by atoms with Crippen LogP contribution in [-0.4, -0.2) is 32.3 Å². The van der Waals surface area contributed by atoms with Gasteiger partial charge < -0.3 is 15.2 Å². The summed E-state index contributed by atoms with van der Waals surface area (Å²) in [6.45, 7) is 2.23. The Hall–Kier alpha value is -0.610. The van der Waals surface area contributed by atoms with Crippen molar-refractivity contribution in [2.75, 3.05) is 20.3 Å². The van der Waals surface area contributed by atoms with Crippen molar-refractivity contribution in [2.24, 2.45) is 0 Å². The Balaban J connectivity index is 3.21. The number of hydrogen-bond donors (Lipinski definition) is 1. The summed E-state index contributed by atoms with van der Waals surface area (Å²) >= 11 is 0. The van der Waals surface area contributed by atoms with Crippen LogP contribution in [0.3, 0.4) is 0 Å². The van der Waals surface area contributed by atoms with Crippen molar-refractivity contribution >= 4 is 5.97 Å². The fourth-order valence-electron chi connectivity index (χ4n) is 0.519. The molecule has 0 bridgehead atoms. The number of esters is 1. The maximum Gasteiger partial charge on any atom is 0.302 e. The van der Waals surface area contributed by atoms with E-state index in [1.54, 1.807) is 7.11 Å². The highest BCUT2D eigenvalue weighted by Gasteiger charge is 2.06. The van der Waals surface area contributed by atoms with Gasteiger partial charge in [0.05, 0.1) is 0 Å². The van der Waals surface area contributed by atoms with Crippen LogP contribution in [0, 0.1) is 0 Å². The molecule has 0 amide bonds. The molecule has 0 saturated carbocycles. The van der Waals surface area contributed by atoms with Crippen LogP contribution in [-0.2, 0) is 14.3 Å². The van der Waals surface area contributed by atoms with Crippen LogP contribution in [0.1, 0.15) is 6.92 Å². The van der Waals surface area contributed by atoms with Crippen molar-refractivity contribution in [1.82, 2.24) is 0 Å². The zero-order valence-corrected chi connectivity index (χ0v) is 6.42. The van der Waals surface area contributed by atoms with Gasteiger partial charge >= 0.3 is 5.97 Å². The number of quaternary nitrogens is 1. The fraction of sp³-hybridized carbons (Fsp3) is 0.833. The van der Waals surface area contributed by atoms with Gasteiger partial charge in [0, 0.05) is 14.0 Å². The van der Waals surface area contributed by atoms with Crippen LogP contribution < -0.4 is 5.73 Å². The van der Waals surface area contributed by atoms with Gasteiger partial charge in [-0.2, -0.15) is 0 Å². The first-order valence-electron chi connectivity index (χ1n) is 3.12. The Morgan fingerprint density at radius 2 is 2.20 bits per heavy atom. The molecule has 4 nitrogen and oxygen atoms in total. The van der Waals surface area contributed by atoms with E-state index in [1.165, 1.54) is 6.92 Å². The summed E-state index contributed by atoms with van der Waals surface area (Å²) in [6, 6.07) is 0.0360. The molecule has 0 aliphatic rings. The molecule has 0 spiro atoms. The molecule has 0 aliphatic carbocycles. The van der Waals surface area contributed by atoms with E-state index in [1.807, 2.05) is 0 Å². The number of carbonyl (C=O) groups is 1. The minimum atomic E-state index is -0.273. The monoisotopic (exact) mass is 148 g/mol. The summed E-state index contributed by atoms with van der Waals surface area (Å²) in [5.74, 6) is -0.273. The molecule has 1 unspecified atom stereocenters. The van der Waals surface area contributed by atoms with Crippen molar-refractivity contribution in [3.8, 4) is 0 Å². The standard InChI is InChI=1S/C6H13NO3/c1-5(8)10-4-6(7)3-9-2/h6H,3-4,7H2,1-2H3/p+1. The van der Waals surface area contributed by atoms with Gasteiger partial charge in [0.25, 0.3) is 0 Å². The van der Waals surface area contributed by atoms with Gasteiger partial charge in [-0.1, -0.05) is 0 Å². The van der Waals surface area contributed by atoms with E-state index in [0.717, 1.165) is 0 Å². The highest BCUT2D eigenvalue weighted by molar-refractivity contribution is 5.65. The van der Waals surface area contributed by atoms with E-state index in [-0.39, 0.29) is 12.0 Å². The van der Waals surface area contributed by atoms with Gasteiger partial charge in [-0.15, -0.1) is 0 Å². The molecular formula is C6H14NO3+. The van der Waals surface area contributed by atoms with E-state index in [2.05, 4.69) is 10.5 Å². The van der Waals surface area contributed by atoms with Crippen molar-refractivity contribution in [2.45, 2.75) is 13.0 Å². The largest absolute Gasteiger partial charge is 0.459 e. The predicted molar refractivity (Wildman–Crippen MR) is 35.2 cm³/mol. The molecule has 10 heavy (non-hydrogen) atoms.